The van der Waals surface area contributed by atoms with Gasteiger partial charge in [0.05, 0.1) is 31.5 Å². The summed E-state index contributed by atoms with van der Waals surface area (Å²) >= 11 is 0. The Morgan fingerprint density at radius 3 is 2.46 bits per heavy atom. The number of aryl methyl sites for hydroxylation is 2. The molecule has 5 heterocycles. The predicted octanol–water partition coefficient (Wildman–Crippen LogP) is 7.50. The minimum atomic E-state index is -0.646. The summed E-state index contributed by atoms with van der Waals surface area (Å²) in [5, 5.41) is 12.7. The smallest absolute Gasteiger partial charge is 0.255 e. The molecule has 10 nitrogen and oxygen atoms in total. The molecular weight excluding hydrogens is 772 g/mol. The van der Waals surface area contributed by atoms with Crippen molar-refractivity contribution in [3.05, 3.63) is 117 Å². The van der Waals surface area contributed by atoms with Crippen LogP contribution in [0, 0.1) is 18.7 Å². The number of likely N-dealkylation sites (tertiary alicyclic amines) is 1. The zero-order valence-electron chi connectivity index (χ0n) is 35.2. The number of fused-ring (bicyclic) bond motifs is 5. The molecule has 318 valence electrons. The largest absolute Gasteiger partial charge is 0.508 e. The summed E-state index contributed by atoms with van der Waals surface area (Å²) in [6, 6.07) is 21.2. The number of nitrogens with zero attached hydrogens (tertiary/aromatic N) is 3. The van der Waals surface area contributed by atoms with Gasteiger partial charge in [0.25, 0.3) is 5.91 Å². The first-order valence-corrected chi connectivity index (χ1v) is 22.3. The SMILES string of the molecule is COc1cc(N2CCC(CCN3CCC4(CC3)COc3c4cc(C)c4c3CN([C@H]3CCC(=O)NC3=O)C4=O)CC2)c(F)cc1[C@@H]1c2ccc(O)cc2CC[C@@H]1c1ccccc1. The number of rotatable bonds is 8. The number of aromatic hydroxyl groups is 1. The summed E-state index contributed by atoms with van der Waals surface area (Å²) in [6.07, 6.45) is 7.42. The Kier molecular flexibility index (Phi) is 10.3. The summed E-state index contributed by atoms with van der Waals surface area (Å²) in [4.78, 5) is 44.5. The zero-order valence-corrected chi connectivity index (χ0v) is 35.2. The molecule has 3 amide bonds. The van der Waals surface area contributed by atoms with E-state index in [-0.39, 0.29) is 47.1 Å². The Hall–Kier alpha value is -5.42. The van der Waals surface area contributed by atoms with Gasteiger partial charge >= 0.3 is 0 Å². The second kappa shape index (κ2) is 15.8. The normalized spacial score (nSPS) is 23.7. The van der Waals surface area contributed by atoms with Crippen LogP contribution in [0.15, 0.2) is 66.7 Å². The van der Waals surface area contributed by atoms with E-state index in [9.17, 15) is 19.5 Å². The van der Waals surface area contributed by atoms with Crippen molar-refractivity contribution < 1.29 is 33.4 Å². The third-order valence-corrected chi connectivity index (χ3v) is 15.1. The molecule has 4 aromatic carbocycles. The average Bonchev–Trinajstić information content (AvgIpc) is 3.80. The van der Waals surface area contributed by atoms with Crippen LogP contribution in [0.4, 0.5) is 10.1 Å². The standard InChI is InChI=1S/C50H55FN4O6/c1-30-24-39-47(38-28-55(49(59)45(30)38)41-12-13-44(57)52-48(41)58)61-29-50(39)17-22-53(23-18-50)19-14-31-15-20-54(21-16-31)42-27-43(60-2)37(26-40(42)51)46-35(32-6-4-3-5-7-32)10-8-33-25-34(56)9-11-36(33)46/h3-7,9,11,24-27,31,35,41,46,56H,8,10,12-23,28-29H2,1-2H3,(H,52,57,58)/t35-,41+,46+/m1/s1. The van der Waals surface area contributed by atoms with Crippen molar-refractivity contribution in [3.63, 3.8) is 0 Å². The number of methoxy groups -OCH3 is 1. The molecule has 4 aromatic rings. The van der Waals surface area contributed by atoms with E-state index < -0.39 is 11.9 Å². The van der Waals surface area contributed by atoms with Gasteiger partial charge in [-0.1, -0.05) is 42.5 Å². The summed E-state index contributed by atoms with van der Waals surface area (Å²) in [6.45, 7) is 7.51. The molecule has 1 aliphatic carbocycles. The van der Waals surface area contributed by atoms with Gasteiger partial charge in [0.15, 0.2) is 0 Å². The number of carbonyl (C=O) groups excluding carboxylic acids is 3. The lowest BCUT2D eigenvalue weighted by Gasteiger charge is -2.40. The van der Waals surface area contributed by atoms with Crippen molar-refractivity contribution in [2.45, 2.75) is 94.5 Å². The van der Waals surface area contributed by atoms with E-state index in [1.165, 1.54) is 11.1 Å². The van der Waals surface area contributed by atoms with Gasteiger partial charge < -0.3 is 29.3 Å². The lowest BCUT2D eigenvalue weighted by Crippen LogP contribution is -2.52. The maximum atomic E-state index is 16.4. The van der Waals surface area contributed by atoms with E-state index in [1.54, 1.807) is 24.1 Å². The number of carbonyl (C=O) groups is 3. The van der Waals surface area contributed by atoms with Gasteiger partial charge in [-0.15, -0.1) is 0 Å². The summed E-state index contributed by atoms with van der Waals surface area (Å²) in [5.41, 5.74) is 8.46. The Labute approximate surface area is 357 Å². The van der Waals surface area contributed by atoms with Crippen LogP contribution in [-0.4, -0.2) is 85.1 Å². The Morgan fingerprint density at radius 2 is 1.70 bits per heavy atom. The molecule has 6 aliphatic rings. The number of amides is 3. The van der Waals surface area contributed by atoms with Crippen molar-refractivity contribution in [2.24, 2.45) is 5.92 Å². The molecular formula is C50H55FN4O6. The van der Waals surface area contributed by atoms with Crippen molar-refractivity contribution >= 4 is 23.4 Å². The maximum absolute atomic E-state index is 16.4. The van der Waals surface area contributed by atoms with Crippen molar-refractivity contribution in [1.29, 1.82) is 0 Å². The topological polar surface area (TPSA) is 112 Å². The molecule has 1 spiro atoms. The lowest BCUT2D eigenvalue weighted by atomic mass is 9.69. The van der Waals surface area contributed by atoms with Gasteiger partial charge in [-0.3, -0.25) is 19.7 Å². The van der Waals surface area contributed by atoms with Gasteiger partial charge in [0.2, 0.25) is 11.8 Å². The molecule has 0 bridgehead atoms. The molecule has 11 heteroatoms. The average molecular weight is 827 g/mol. The number of ether oxygens (including phenoxy) is 2. The highest BCUT2D eigenvalue weighted by Crippen LogP contribution is 2.52. The number of piperidine rings is 3. The van der Waals surface area contributed by atoms with Gasteiger partial charge in [-0.25, -0.2) is 4.39 Å². The summed E-state index contributed by atoms with van der Waals surface area (Å²) in [7, 11) is 1.68. The molecule has 3 saturated heterocycles. The minimum Gasteiger partial charge on any atom is -0.508 e. The molecule has 0 saturated carbocycles. The predicted molar refractivity (Wildman–Crippen MR) is 230 cm³/mol. The van der Waals surface area contributed by atoms with Gasteiger partial charge in [-0.05, 0) is 130 Å². The summed E-state index contributed by atoms with van der Waals surface area (Å²) < 4.78 is 28.9. The van der Waals surface area contributed by atoms with Crippen molar-refractivity contribution in [2.75, 3.05) is 51.3 Å². The molecule has 0 aromatic heterocycles. The van der Waals surface area contributed by atoms with Crippen LogP contribution in [0.1, 0.15) is 113 Å². The van der Waals surface area contributed by atoms with Crippen LogP contribution in [0.5, 0.6) is 17.2 Å². The molecule has 10 rings (SSSR count). The fraction of sp³-hybridized carbons (Fsp3) is 0.460. The first-order chi connectivity index (χ1) is 29.6. The Morgan fingerprint density at radius 1 is 0.918 bits per heavy atom. The van der Waals surface area contributed by atoms with Crippen molar-refractivity contribution in [3.8, 4) is 17.2 Å². The number of hydrogen-bond donors (Lipinski definition) is 2. The second-order valence-electron chi connectivity index (χ2n) is 18.4. The van der Waals surface area contributed by atoms with Crippen LogP contribution < -0.4 is 19.7 Å². The number of imide groups is 1. The molecule has 5 aliphatic heterocycles. The van der Waals surface area contributed by atoms with Crippen LogP contribution in [0.25, 0.3) is 0 Å². The highest BCUT2D eigenvalue weighted by molar-refractivity contribution is 6.06. The third-order valence-electron chi connectivity index (χ3n) is 15.1. The molecule has 3 atom stereocenters. The summed E-state index contributed by atoms with van der Waals surface area (Å²) in [5.74, 6) is 1.34. The van der Waals surface area contributed by atoms with E-state index in [1.807, 2.05) is 31.2 Å². The number of phenols is 1. The fourth-order valence-corrected chi connectivity index (χ4v) is 11.7. The van der Waals surface area contributed by atoms with E-state index in [2.05, 4.69) is 45.4 Å². The lowest BCUT2D eigenvalue weighted by molar-refractivity contribution is -0.136. The third kappa shape index (κ3) is 7.02. The number of hydrogen-bond acceptors (Lipinski definition) is 8. The molecule has 2 N–H and O–H groups in total. The van der Waals surface area contributed by atoms with Gasteiger partial charge in [0.1, 0.15) is 29.1 Å². The van der Waals surface area contributed by atoms with Crippen LogP contribution in [-0.2, 0) is 28.0 Å². The molecule has 0 radical (unpaired) electrons. The van der Waals surface area contributed by atoms with E-state index in [4.69, 9.17) is 9.47 Å². The quantitative estimate of drug-likeness (QED) is 0.176. The Bertz CT molecular complexity index is 2390. The van der Waals surface area contributed by atoms with Crippen LogP contribution in [0.3, 0.4) is 0 Å². The number of halogens is 1. The zero-order chi connectivity index (χ0) is 42.0. The molecule has 3 fully saturated rings. The number of nitrogens with one attached hydrogen (secondary N) is 1. The highest BCUT2D eigenvalue weighted by Gasteiger charge is 2.48. The number of phenolic OH excluding ortho intramolecular Hbond substituents is 1. The van der Waals surface area contributed by atoms with Gasteiger partial charge in [0, 0.05) is 53.6 Å². The first kappa shape index (κ1) is 39.7. The fourth-order valence-electron chi connectivity index (χ4n) is 11.7. The minimum absolute atomic E-state index is 0.0888. The maximum Gasteiger partial charge on any atom is 0.255 e. The number of anilines is 1. The van der Waals surface area contributed by atoms with Gasteiger partial charge in [-0.2, -0.15) is 0 Å². The van der Waals surface area contributed by atoms with E-state index >= 15 is 4.39 Å². The van der Waals surface area contributed by atoms with Crippen LogP contribution in [0.2, 0.25) is 0 Å². The Balaban J connectivity index is 0.770. The number of benzene rings is 4. The van der Waals surface area contributed by atoms with Crippen LogP contribution >= 0.6 is 0 Å². The van der Waals surface area contributed by atoms with Crippen molar-refractivity contribution in [1.82, 2.24) is 15.1 Å². The first-order valence-electron chi connectivity index (χ1n) is 22.3. The van der Waals surface area contributed by atoms with E-state index in [0.717, 1.165) is 111 Å². The monoisotopic (exact) mass is 826 g/mol. The molecule has 61 heavy (non-hydrogen) atoms. The van der Waals surface area contributed by atoms with E-state index in [0.29, 0.717) is 42.5 Å². The molecule has 0 unspecified atom stereocenters. The second-order valence-corrected chi connectivity index (χ2v) is 18.4. The highest BCUT2D eigenvalue weighted by atomic mass is 19.1.